The molecule has 0 fully saturated rings. The van der Waals surface area contributed by atoms with Crippen LogP contribution in [0.2, 0.25) is 0 Å². The molecule has 0 atom stereocenters. The summed E-state index contributed by atoms with van der Waals surface area (Å²) in [5.41, 5.74) is 30.0. The van der Waals surface area contributed by atoms with Crippen molar-refractivity contribution in [2.45, 2.75) is 0 Å². The molecular weight excluding hydrogens is 1810 g/mol. The fraction of sp³-hybridized carbons (Fsp3) is 0. The predicted molar refractivity (Wildman–Crippen MR) is 594 cm³/mol. The van der Waals surface area contributed by atoms with Gasteiger partial charge in [0.1, 0.15) is 0 Å². The predicted octanol–water partition coefficient (Wildman–Crippen LogP) is 33.9. The first-order valence-corrected chi connectivity index (χ1v) is 47.6. The second-order valence-corrected chi connectivity index (χ2v) is 35.0. The molecule has 16 nitrogen and oxygen atoms in total. The molecule has 0 N–H and O–H groups in total. The van der Waals surface area contributed by atoms with Gasteiger partial charge in [-0.15, -0.1) is 0 Å². The van der Waals surface area contributed by atoms with Gasteiger partial charge in [0.2, 0.25) is 5.95 Å². The van der Waals surface area contributed by atoms with E-state index >= 15 is 0 Å². The standard InChI is InChI=1S/C42H23N7.2C32H19N3.C26H15N3/c1-45-36-18-10-16-32(26-44)39(36)30-20-22-38-35(24-30)34-23-29(33-17-9-8-15-31(33)25-43)19-21-37(34)49(38)42-47-40(27-11-4-2-5-12-27)46-41(48-42)28-13-6-3-7-14-28;1-34-28-17-8-13-24(21-33)31(28)27-16-9-19-30-32(27)26-15-5-6-18-29(26)35(30)25-14-7-12-23(20-25)22-10-3-2-4-11-22;1-34-28-14-7-11-24(21-33)31(28)27-13-8-16-30-32(27)26-12-5-6-15-29(26)35(30)25-19-17-23(18-20-25)22-9-3-2-4-10-22;1-28-22-14-7-9-18(17-27)25(22)21-13-8-16-24-26(21)20-12-5-6-15-23(20)29(24)19-10-3-2-4-11-19/h2-24H;2*2-20H;2-16H. The Labute approximate surface area is 852 Å². The maximum Gasteiger partial charge on any atom is 0.238 e. The lowest BCUT2D eigenvalue weighted by Crippen LogP contribution is -2.06. The number of aromatic nitrogens is 7. The molecule has 0 saturated carbocycles. The minimum atomic E-state index is 0.406. The zero-order chi connectivity index (χ0) is 101. The van der Waals surface area contributed by atoms with Crippen molar-refractivity contribution in [3.05, 3.63) is 535 Å². The van der Waals surface area contributed by atoms with Gasteiger partial charge in [-0.3, -0.25) is 4.57 Å². The lowest BCUT2D eigenvalue weighted by Gasteiger charge is -2.12. The molecule has 0 radical (unpaired) electrons. The van der Waals surface area contributed by atoms with Gasteiger partial charge in [0.15, 0.2) is 34.4 Å². The zero-order valence-corrected chi connectivity index (χ0v) is 79.0. The Morgan fingerprint density at radius 1 is 0.189 bits per heavy atom. The SMILES string of the molecule is [C-]#[N+]c1cccc(C#N)c1-c1ccc2c(c1)c1cc(-c3ccccc3C#N)ccc1n2-c1nc(-c2ccccc2)nc(-c2ccccc2)n1.[C-]#[N+]c1cccc(C#N)c1-c1cccc2c1c1ccccc1n2-c1ccc(-c2ccccc2)cc1.[C-]#[N+]c1cccc(C#N)c1-c1cccc2c1c1ccccc1n2-c1cccc(-c2ccccc2)c1.[C-]#[N+]c1cccc(C#N)c1-c1cccc2c1c1ccccc1n2-c1ccccc1. The van der Waals surface area contributed by atoms with Crippen molar-refractivity contribution in [2.24, 2.45) is 0 Å². The minimum Gasteiger partial charge on any atom is -0.309 e. The van der Waals surface area contributed by atoms with Gasteiger partial charge in [0, 0.05) is 116 Å². The van der Waals surface area contributed by atoms with Gasteiger partial charge in [0.05, 0.1) is 106 Å². The van der Waals surface area contributed by atoms with Gasteiger partial charge in [-0.2, -0.15) is 36.3 Å². The summed E-state index contributed by atoms with van der Waals surface area (Å²) in [7, 11) is 0. The Kier molecular flexibility index (Phi) is 24.7. The molecule has 16 heteroatoms. The molecule has 0 saturated heterocycles. The summed E-state index contributed by atoms with van der Waals surface area (Å²) in [6.45, 7) is 30.9. The van der Waals surface area contributed by atoms with Crippen molar-refractivity contribution in [1.29, 1.82) is 26.3 Å². The van der Waals surface area contributed by atoms with E-state index in [0.29, 0.717) is 90.4 Å². The molecule has 25 aromatic rings. The highest BCUT2D eigenvalue weighted by Crippen LogP contribution is 2.49. The molecule has 25 rings (SSSR count). The summed E-state index contributed by atoms with van der Waals surface area (Å²) in [5.74, 6) is 1.53. The second-order valence-electron chi connectivity index (χ2n) is 35.0. The van der Waals surface area contributed by atoms with Crippen LogP contribution < -0.4 is 0 Å². The zero-order valence-electron chi connectivity index (χ0n) is 79.0. The quantitative estimate of drug-likeness (QED) is 0.102. The molecule has 20 aromatic carbocycles. The molecule has 0 aliphatic carbocycles. The van der Waals surface area contributed by atoms with Crippen LogP contribution in [-0.2, 0) is 0 Å². The Hall–Kier alpha value is -22.0. The van der Waals surface area contributed by atoms with E-state index in [0.717, 1.165) is 154 Å². The summed E-state index contributed by atoms with van der Waals surface area (Å²) >= 11 is 0. The molecule has 0 aliphatic rings. The first-order chi connectivity index (χ1) is 73.1. The Bertz CT molecular complexity index is 9850. The van der Waals surface area contributed by atoms with E-state index in [1.807, 2.05) is 235 Å². The smallest absolute Gasteiger partial charge is 0.238 e. The van der Waals surface area contributed by atoms with Gasteiger partial charge >= 0.3 is 0 Å². The Morgan fingerprint density at radius 2 is 0.473 bits per heavy atom. The number of hydrogen-bond donors (Lipinski definition) is 0. The van der Waals surface area contributed by atoms with E-state index in [1.54, 1.807) is 72.8 Å². The Balaban J connectivity index is 0.000000114. The van der Waals surface area contributed by atoms with Crippen molar-refractivity contribution in [2.75, 3.05) is 0 Å². The molecule has 684 valence electrons. The summed E-state index contributed by atoms with van der Waals surface area (Å²) in [6, 6.07) is 163. The fourth-order valence-corrected chi connectivity index (χ4v) is 20.3. The Morgan fingerprint density at radius 3 is 0.899 bits per heavy atom. The van der Waals surface area contributed by atoms with E-state index in [-0.39, 0.29) is 0 Å². The van der Waals surface area contributed by atoms with E-state index in [2.05, 4.69) is 221 Å². The number of rotatable bonds is 13. The van der Waals surface area contributed by atoms with Crippen molar-refractivity contribution < 1.29 is 0 Å². The summed E-state index contributed by atoms with van der Waals surface area (Å²) in [4.78, 5) is 29.9. The third-order valence-electron chi connectivity index (χ3n) is 26.8. The number of nitrogens with zero attached hydrogens (tertiary/aromatic N) is 16. The average Bonchev–Trinajstić information content (AvgIpc) is 1.58. The van der Waals surface area contributed by atoms with Gasteiger partial charge in [-0.25, -0.2) is 24.4 Å². The van der Waals surface area contributed by atoms with Gasteiger partial charge < -0.3 is 13.7 Å². The van der Waals surface area contributed by atoms with Crippen LogP contribution in [0, 0.1) is 82.9 Å². The summed E-state index contributed by atoms with van der Waals surface area (Å²) in [5, 5.41) is 57.5. The van der Waals surface area contributed by atoms with Crippen LogP contribution in [-0.4, -0.2) is 33.2 Å². The maximum atomic E-state index is 9.98. The molecule has 0 spiro atoms. The highest BCUT2D eigenvalue weighted by Gasteiger charge is 2.27. The van der Waals surface area contributed by atoms with Crippen molar-refractivity contribution in [3.63, 3.8) is 0 Å². The molecule has 0 amide bonds. The maximum absolute atomic E-state index is 9.98. The van der Waals surface area contributed by atoms with Crippen molar-refractivity contribution in [1.82, 2.24) is 33.2 Å². The van der Waals surface area contributed by atoms with Gasteiger partial charge in [-0.1, -0.05) is 334 Å². The van der Waals surface area contributed by atoms with E-state index in [9.17, 15) is 26.3 Å². The lowest BCUT2D eigenvalue weighted by molar-refractivity contribution is 0.953. The van der Waals surface area contributed by atoms with Crippen LogP contribution >= 0.6 is 0 Å². The largest absolute Gasteiger partial charge is 0.309 e. The molecule has 5 heterocycles. The first-order valence-electron chi connectivity index (χ1n) is 47.6. The number of hydrogen-bond acceptors (Lipinski definition) is 8. The van der Waals surface area contributed by atoms with Crippen LogP contribution in [0.1, 0.15) is 27.8 Å². The third kappa shape index (κ3) is 16.6. The molecule has 0 aliphatic heterocycles. The van der Waals surface area contributed by atoms with E-state index in [1.165, 1.54) is 16.7 Å². The summed E-state index contributed by atoms with van der Waals surface area (Å²) in [6.07, 6.45) is 0. The number of benzene rings is 20. The van der Waals surface area contributed by atoms with Crippen molar-refractivity contribution >= 4 is 110 Å². The van der Waals surface area contributed by atoms with E-state index < -0.39 is 0 Å². The van der Waals surface area contributed by atoms with Crippen LogP contribution in [0.15, 0.2) is 461 Å². The van der Waals surface area contributed by atoms with Crippen molar-refractivity contribution in [3.8, 4) is 154 Å². The highest BCUT2D eigenvalue weighted by atomic mass is 15.2. The molecular formula is C132H76N16. The number of nitriles is 5. The first kappa shape index (κ1) is 91.1. The average molecular weight is 1890 g/mol. The van der Waals surface area contributed by atoms with E-state index in [4.69, 9.17) is 41.2 Å². The minimum absolute atomic E-state index is 0.406. The summed E-state index contributed by atoms with van der Waals surface area (Å²) < 4.78 is 8.80. The van der Waals surface area contributed by atoms with Crippen LogP contribution in [0.25, 0.3) is 230 Å². The van der Waals surface area contributed by atoms with Crippen LogP contribution in [0.5, 0.6) is 0 Å². The topological polar surface area (TPSA) is 195 Å². The number of fused-ring (bicyclic) bond motifs is 12. The van der Waals surface area contributed by atoms with Gasteiger partial charge in [-0.05, 0) is 183 Å². The third-order valence-corrected chi connectivity index (χ3v) is 26.8. The second kappa shape index (κ2) is 40.1. The fourth-order valence-electron chi connectivity index (χ4n) is 20.3. The van der Waals surface area contributed by atoms with Crippen LogP contribution in [0.3, 0.4) is 0 Å². The molecule has 0 unspecified atom stereocenters. The monoisotopic (exact) mass is 1880 g/mol. The van der Waals surface area contributed by atoms with Gasteiger partial charge in [0.25, 0.3) is 0 Å². The number of para-hydroxylation sites is 4. The molecule has 5 aromatic heterocycles. The van der Waals surface area contributed by atoms with Crippen LogP contribution in [0.4, 0.5) is 22.7 Å². The normalized spacial score (nSPS) is 10.8. The highest BCUT2D eigenvalue weighted by molar-refractivity contribution is 6.21. The molecule has 148 heavy (non-hydrogen) atoms. The lowest BCUT2D eigenvalue weighted by atomic mass is 9.94. The molecule has 0 bridgehead atoms.